The highest BCUT2D eigenvalue weighted by Gasteiger charge is 2.45. The Morgan fingerprint density at radius 2 is 1.00 bits per heavy atom. The van der Waals surface area contributed by atoms with Crippen LogP contribution in [0.2, 0.25) is 0 Å². The molecule has 150 valence electrons. The molecule has 3 rings (SSSR count). The molecule has 0 saturated carbocycles. The van der Waals surface area contributed by atoms with E-state index in [0.29, 0.717) is 6.04 Å². The van der Waals surface area contributed by atoms with Gasteiger partial charge in [-0.25, -0.2) is 0 Å². The van der Waals surface area contributed by atoms with Crippen LogP contribution in [0.3, 0.4) is 0 Å². The second-order valence-corrected chi connectivity index (χ2v) is 10.6. The van der Waals surface area contributed by atoms with Gasteiger partial charge in [0.2, 0.25) is 0 Å². The summed E-state index contributed by atoms with van der Waals surface area (Å²) < 4.78 is 0. The van der Waals surface area contributed by atoms with Crippen molar-refractivity contribution in [3.63, 3.8) is 0 Å². The fourth-order valence-corrected chi connectivity index (χ4v) is 8.28. The highest BCUT2D eigenvalue weighted by Crippen LogP contribution is 2.55. The number of rotatable bonds is 8. The second-order valence-electron chi connectivity index (χ2n) is 6.98. The monoisotopic (exact) mass is 521 g/mol. The van der Waals surface area contributed by atoms with Gasteiger partial charge < -0.3 is 39.7 Å². The minimum Gasteiger partial charge on any atom is -1.00 e. The number of benzene rings is 3. The molecule has 3 aromatic carbocycles. The van der Waals surface area contributed by atoms with Crippen LogP contribution in [0.25, 0.3) is 0 Å². The van der Waals surface area contributed by atoms with E-state index in [2.05, 4.69) is 104 Å². The molecular weight excluding hydrogens is 493 g/mol. The van der Waals surface area contributed by atoms with Crippen LogP contribution >= 0.6 is 7.26 Å². The quantitative estimate of drug-likeness (QED) is 0.325. The van der Waals surface area contributed by atoms with Crippen molar-refractivity contribution in [3.8, 4) is 0 Å². The minimum atomic E-state index is -1.67. The molecule has 0 fully saturated rings. The van der Waals surface area contributed by atoms with Crippen LogP contribution in [-0.4, -0.2) is 12.2 Å². The van der Waals surface area contributed by atoms with E-state index in [1.165, 1.54) is 41.3 Å². The van der Waals surface area contributed by atoms with Gasteiger partial charge in [-0.1, -0.05) is 67.9 Å². The zero-order valence-corrected chi connectivity index (χ0v) is 20.5. The fraction of sp³-hybridized carbons (Fsp3) is 0.250. The average Bonchev–Trinajstić information content (AvgIpc) is 2.71. The first-order valence-electron chi connectivity index (χ1n) is 9.65. The summed E-state index contributed by atoms with van der Waals surface area (Å²) in [6, 6.07) is 33.9. The van der Waals surface area contributed by atoms with Crippen molar-refractivity contribution in [2.75, 3.05) is 6.16 Å². The van der Waals surface area contributed by atoms with E-state index in [4.69, 9.17) is 0 Å². The van der Waals surface area contributed by atoms with Gasteiger partial charge in [0.05, 0.1) is 12.2 Å². The lowest BCUT2D eigenvalue weighted by molar-refractivity contribution is -0.421. The molecule has 3 N–H and O–H groups in total. The Morgan fingerprint density at radius 3 is 1.32 bits per heavy atom. The van der Waals surface area contributed by atoms with E-state index >= 15 is 0 Å². The molecule has 28 heavy (non-hydrogen) atoms. The first-order chi connectivity index (χ1) is 12.8. The predicted molar refractivity (Wildman–Crippen MR) is 116 cm³/mol. The van der Waals surface area contributed by atoms with Gasteiger partial charge in [-0.15, -0.1) is 0 Å². The van der Waals surface area contributed by atoms with Gasteiger partial charge in [-0.2, -0.15) is 0 Å². The van der Waals surface area contributed by atoms with E-state index in [1.54, 1.807) is 0 Å². The van der Waals surface area contributed by atoms with Crippen molar-refractivity contribution in [3.05, 3.63) is 91.0 Å². The normalized spacial score (nSPS) is 11.8. The molecule has 0 saturated heterocycles. The van der Waals surface area contributed by atoms with E-state index in [1.807, 2.05) is 0 Å². The van der Waals surface area contributed by atoms with Crippen molar-refractivity contribution >= 4 is 23.2 Å². The van der Waals surface area contributed by atoms with E-state index in [9.17, 15) is 0 Å². The van der Waals surface area contributed by atoms with Crippen molar-refractivity contribution in [1.82, 2.24) is 0 Å². The Labute approximate surface area is 191 Å². The summed E-state index contributed by atoms with van der Waals surface area (Å²) in [5, 5.41) is 4.42. The molecule has 4 heteroatoms. The summed E-state index contributed by atoms with van der Waals surface area (Å²) in [6.07, 6.45) is 4.76. The molecule has 1 atom stereocenters. The average molecular weight is 523 g/mol. The Balaban J connectivity index is 0.00000196. The Kier molecular flexibility index (Phi) is 11.2. The lowest BCUT2D eigenvalue weighted by Crippen LogP contribution is -3.00. The van der Waals surface area contributed by atoms with E-state index in [0.717, 1.165) is 0 Å². The topological polar surface area (TPSA) is 27.6 Å². The highest BCUT2D eigenvalue weighted by atomic mass is 79.9. The molecule has 0 aliphatic rings. The lowest BCUT2D eigenvalue weighted by atomic mass is 10.1. The molecule has 1 unspecified atom stereocenters. The molecule has 0 radical (unpaired) electrons. The summed E-state index contributed by atoms with van der Waals surface area (Å²) in [7, 11) is -1.67. The third kappa shape index (κ3) is 5.76. The Morgan fingerprint density at radius 1 is 0.643 bits per heavy atom. The van der Waals surface area contributed by atoms with E-state index in [-0.39, 0.29) is 34.0 Å². The number of quaternary nitrogens is 1. The number of hydrogen-bond acceptors (Lipinski definition) is 0. The van der Waals surface area contributed by atoms with Crippen molar-refractivity contribution in [1.29, 1.82) is 0 Å². The maximum absolute atomic E-state index is 4.43. The largest absolute Gasteiger partial charge is 1.00 e. The standard InChI is InChI=1S/C24H29NP.2BrH/c1-2-12-21(25)19-20-26(22-13-6-3-7-14-22,23-15-8-4-9-16-23)24-17-10-5-11-18-24;;/h3-11,13-18,21H,2,12,19-20,25H2,1H3;2*1H/q+1;;/p-1. The van der Waals surface area contributed by atoms with Crippen molar-refractivity contribution in [2.45, 2.75) is 32.2 Å². The summed E-state index contributed by atoms with van der Waals surface area (Å²) in [5.41, 5.74) is 4.43. The summed E-state index contributed by atoms with van der Waals surface area (Å²) in [5.74, 6) is 0. The molecule has 0 aliphatic carbocycles. The molecule has 0 aliphatic heterocycles. The van der Waals surface area contributed by atoms with Crippen LogP contribution in [0.1, 0.15) is 26.2 Å². The minimum absolute atomic E-state index is 0. The highest BCUT2D eigenvalue weighted by molar-refractivity contribution is 7.95. The molecule has 0 bridgehead atoms. The van der Waals surface area contributed by atoms with Gasteiger partial charge in [-0.05, 0) is 42.8 Å². The first kappa shape index (κ1) is 25.0. The van der Waals surface area contributed by atoms with Gasteiger partial charge in [0.25, 0.3) is 0 Å². The van der Waals surface area contributed by atoms with Crippen LogP contribution in [0.15, 0.2) is 91.0 Å². The molecule has 0 aromatic heterocycles. The van der Waals surface area contributed by atoms with Crippen LogP contribution in [0.5, 0.6) is 0 Å². The molecule has 0 amide bonds. The lowest BCUT2D eigenvalue weighted by Gasteiger charge is -2.28. The van der Waals surface area contributed by atoms with Crippen LogP contribution < -0.4 is 55.6 Å². The maximum atomic E-state index is 4.43. The van der Waals surface area contributed by atoms with Crippen LogP contribution in [0.4, 0.5) is 0 Å². The zero-order chi connectivity index (χ0) is 18.2. The summed E-state index contributed by atoms with van der Waals surface area (Å²) in [6.45, 7) is 2.26. The molecule has 0 spiro atoms. The number of hydrogen-bond donors (Lipinski definition) is 1. The van der Waals surface area contributed by atoms with Gasteiger partial charge in [0, 0.05) is 6.42 Å². The summed E-state index contributed by atoms with van der Waals surface area (Å²) in [4.78, 5) is 0. The molecular formula is C24H30Br2NP. The SMILES string of the molecule is CCCC([NH3+])CC[P+](c1ccccc1)(c1ccccc1)c1ccccc1.[Br-].[Br-]. The molecule has 3 aromatic rings. The molecule has 0 heterocycles. The zero-order valence-electron chi connectivity index (χ0n) is 16.5. The van der Waals surface area contributed by atoms with Crippen molar-refractivity contribution in [2.24, 2.45) is 0 Å². The third-order valence-electron chi connectivity index (χ3n) is 5.16. The maximum Gasteiger partial charge on any atom is 0.112 e. The van der Waals surface area contributed by atoms with Gasteiger partial charge >= 0.3 is 0 Å². The van der Waals surface area contributed by atoms with E-state index < -0.39 is 7.26 Å². The smallest absolute Gasteiger partial charge is 0.112 e. The summed E-state index contributed by atoms with van der Waals surface area (Å²) >= 11 is 0. The molecule has 1 nitrogen and oxygen atoms in total. The van der Waals surface area contributed by atoms with Gasteiger partial charge in [-0.3, -0.25) is 0 Å². The Hall–Kier alpha value is -0.990. The third-order valence-corrected chi connectivity index (χ3v) is 9.63. The fourth-order valence-electron chi connectivity index (χ4n) is 3.81. The van der Waals surface area contributed by atoms with Crippen molar-refractivity contribution < 1.29 is 39.7 Å². The second kappa shape index (κ2) is 12.5. The van der Waals surface area contributed by atoms with Crippen LogP contribution in [-0.2, 0) is 0 Å². The van der Waals surface area contributed by atoms with Gasteiger partial charge in [0.15, 0.2) is 0 Å². The predicted octanol–water partition coefficient (Wildman–Crippen LogP) is -2.21. The number of halogens is 2. The van der Waals surface area contributed by atoms with Gasteiger partial charge in [0.1, 0.15) is 23.2 Å². The first-order valence-corrected chi connectivity index (χ1v) is 11.6. The Bertz CT molecular complexity index is 685. The van der Waals surface area contributed by atoms with Crippen LogP contribution in [0, 0.1) is 0 Å².